The third-order valence-corrected chi connectivity index (χ3v) is 5.50. The number of nitrogens with zero attached hydrogens (tertiary/aromatic N) is 2. The zero-order valence-electron chi connectivity index (χ0n) is 17.8. The zero-order valence-corrected chi connectivity index (χ0v) is 17.8. The van der Waals surface area contributed by atoms with Crippen LogP contribution in [0.3, 0.4) is 0 Å². The highest BCUT2D eigenvalue weighted by Gasteiger charge is 2.33. The van der Waals surface area contributed by atoms with Crippen molar-refractivity contribution >= 4 is 23.3 Å². The first-order valence-electron chi connectivity index (χ1n) is 10.6. The molecule has 0 saturated carbocycles. The molecule has 0 atom stereocenters. The minimum Gasteiger partial charge on any atom is -0.378 e. The number of benzene rings is 1. The van der Waals surface area contributed by atoms with E-state index in [2.05, 4.69) is 10.6 Å². The van der Waals surface area contributed by atoms with Crippen molar-refractivity contribution in [2.45, 2.75) is 38.9 Å². The summed E-state index contributed by atoms with van der Waals surface area (Å²) < 4.78 is 45.1. The maximum atomic E-state index is 13.2. The standard InChI is InChI=1S/C21H29F3N4O3/c1-14(2)25-19(29)15-5-7-28(8-6-15)20(30)26-17-13-16(21(22,23)24)3-4-18(17)27-9-11-31-12-10-27/h3-4,13-15H,5-12H2,1-2H3,(H,25,29)(H,26,30). The van der Waals surface area contributed by atoms with Gasteiger partial charge in [-0.3, -0.25) is 4.79 Å². The highest BCUT2D eigenvalue weighted by molar-refractivity contribution is 5.93. The molecule has 0 spiro atoms. The van der Waals surface area contributed by atoms with Gasteiger partial charge in [-0.15, -0.1) is 0 Å². The second-order valence-corrected chi connectivity index (χ2v) is 8.18. The molecular formula is C21H29F3N4O3. The number of carbonyl (C=O) groups excluding carboxylic acids is 2. The number of halogens is 3. The number of ether oxygens (including phenoxy) is 1. The van der Waals surface area contributed by atoms with Crippen molar-refractivity contribution in [1.29, 1.82) is 0 Å². The summed E-state index contributed by atoms with van der Waals surface area (Å²) >= 11 is 0. The van der Waals surface area contributed by atoms with E-state index in [1.54, 1.807) is 4.90 Å². The lowest BCUT2D eigenvalue weighted by Gasteiger charge is -2.33. The van der Waals surface area contributed by atoms with E-state index in [0.29, 0.717) is 57.9 Å². The molecule has 2 fully saturated rings. The number of anilines is 2. The van der Waals surface area contributed by atoms with Crippen LogP contribution in [-0.4, -0.2) is 62.3 Å². The van der Waals surface area contributed by atoms with E-state index in [0.717, 1.165) is 12.1 Å². The second-order valence-electron chi connectivity index (χ2n) is 8.18. The summed E-state index contributed by atoms with van der Waals surface area (Å²) in [5.74, 6) is -0.188. The van der Waals surface area contributed by atoms with Crippen molar-refractivity contribution in [3.05, 3.63) is 23.8 Å². The second kappa shape index (κ2) is 9.76. The van der Waals surface area contributed by atoms with Crippen molar-refractivity contribution in [1.82, 2.24) is 10.2 Å². The number of carbonyl (C=O) groups is 2. The summed E-state index contributed by atoms with van der Waals surface area (Å²) in [7, 11) is 0. The molecule has 0 bridgehead atoms. The van der Waals surface area contributed by atoms with E-state index in [-0.39, 0.29) is 23.6 Å². The van der Waals surface area contributed by atoms with Crippen LogP contribution in [0.5, 0.6) is 0 Å². The van der Waals surface area contributed by atoms with Crippen LogP contribution < -0.4 is 15.5 Å². The lowest BCUT2D eigenvalue weighted by molar-refractivity contribution is -0.137. The Hall–Kier alpha value is -2.49. The van der Waals surface area contributed by atoms with Gasteiger partial charge >= 0.3 is 12.2 Å². The smallest absolute Gasteiger partial charge is 0.378 e. The summed E-state index contributed by atoms with van der Waals surface area (Å²) in [6.07, 6.45) is -3.47. The Morgan fingerprint density at radius 3 is 2.32 bits per heavy atom. The molecule has 2 aliphatic heterocycles. The number of morpholine rings is 1. The number of alkyl halides is 3. The van der Waals surface area contributed by atoms with E-state index in [4.69, 9.17) is 4.74 Å². The monoisotopic (exact) mass is 442 g/mol. The minimum absolute atomic E-state index is 0.0254. The molecule has 7 nitrogen and oxygen atoms in total. The van der Waals surface area contributed by atoms with E-state index >= 15 is 0 Å². The van der Waals surface area contributed by atoms with Gasteiger partial charge in [0.1, 0.15) is 0 Å². The first kappa shape index (κ1) is 23.2. The van der Waals surface area contributed by atoms with Gasteiger partial charge in [0, 0.05) is 38.1 Å². The van der Waals surface area contributed by atoms with Crippen molar-refractivity contribution in [2.75, 3.05) is 49.6 Å². The van der Waals surface area contributed by atoms with E-state index < -0.39 is 17.8 Å². The molecule has 31 heavy (non-hydrogen) atoms. The van der Waals surface area contributed by atoms with Crippen LogP contribution in [0.25, 0.3) is 0 Å². The van der Waals surface area contributed by atoms with Gasteiger partial charge in [0.2, 0.25) is 5.91 Å². The Morgan fingerprint density at radius 2 is 1.74 bits per heavy atom. The van der Waals surface area contributed by atoms with Gasteiger partial charge in [0.15, 0.2) is 0 Å². The van der Waals surface area contributed by atoms with Crippen LogP contribution in [0.15, 0.2) is 18.2 Å². The number of nitrogens with one attached hydrogen (secondary N) is 2. The van der Waals surface area contributed by atoms with Crippen LogP contribution >= 0.6 is 0 Å². The molecule has 2 N–H and O–H groups in total. The van der Waals surface area contributed by atoms with Gasteiger partial charge in [-0.25, -0.2) is 4.79 Å². The predicted octanol–water partition coefficient (Wildman–Crippen LogP) is 3.31. The SMILES string of the molecule is CC(C)NC(=O)C1CCN(C(=O)Nc2cc(C(F)(F)F)ccc2N2CCOCC2)CC1. The van der Waals surface area contributed by atoms with Gasteiger partial charge in [-0.2, -0.15) is 13.2 Å². The average Bonchev–Trinajstić information content (AvgIpc) is 2.73. The third kappa shape index (κ3) is 6.03. The quantitative estimate of drug-likeness (QED) is 0.751. The number of hydrogen-bond acceptors (Lipinski definition) is 4. The molecule has 0 radical (unpaired) electrons. The van der Waals surface area contributed by atoms with Crippen LogP contribution in [0.4, 0.5) is 29.3 Å². The summed E-state index contributed by atoms with van der Waals surface area (Å²) in [6.45, 7) is 6.53. The molecule has 0 aliphatic carbocycles. The highest BCUT2D eigenvalue weighted by atomic mass is 19.4. The van der Waals surface area contributed by atoms with Crippen LogP contribution in [0, 0.1) is 5.92 Å². The van der Waals surface area contributed by atoms with E-state index in [9.17, 15) is 22.8 Å². The Balaban J connectivity index is 1.70. The molecule has 10 heteroatoms. The Labute approximate surface area is 179 Å². The maximum absolute atomic E-state index is 13.2. The largest absolute Gasteiger partial charge is 0.416 e. The van der Waals surface area contributed by atoms with Gasteiger partial charge in [0.05, 0.1) is 30.2 Å². The Kier molecular flexibility index (Phi) is 7.30. The number of likely N-dealkylation sites (tertiary alicyclic amines) is 1. The summed E-state index contributed by atoms with van der Waals surface area (Å²) in [4.78, 5) is 28.4. The number of hydrogen-bond donors (Lipinski definition) is 2. The third-order valence-electron chi connectivity index (χ3n) is 5.50. The van der Waals surface area contributed by atoms with Gasteiger partial charge in [0.25, 0.3) is 0 Å². The van der Waals surface area contributed by atoms with Gasteiger partial charge < -0.3 is 25.2 Å². The number of piperidine rings is 1. The molecule has 2 saturated heterocycles. The highest BCUT2D eigenvalue weighted by Crippen LogP contribution is 2.36. The van der Waals surface area contributed by atoms with Crippen LogP contribution in [0.1, 0.15) is 32.3 Å². The maximum Gasteiger partial charge on any atom is 0.416 e. The fourth-order valence-electron chi connectivity index (χ4n) is 3.83. The molecule has 1 aromatic rings. The number of rotatable bonds is 4. The number of urea groups is 1. The lowest BCUT2D eigenvalue weighted by atomic mass is 9.96. The van der Waals surface area contributed by atoms with Crippen LogP contribution in [-0.2, 0) is 15.7 Å². The fourth-order valence-corrected chi connectivity index (χ4v) is 3.83. The van der Waals surface area contributed by atoms with Gasteiger partial charge in [-0.05, 0) is 44.9 Å². The average molecular weight is 442 g/mol. The minimum atomic E-state index is -4.51. The Morgan fingerprint density at radius 1 is 1.10 bits per heavy atom. The van der Waals surface area contributed by atoms with E-state index in [1.165, 1.54) is 6.07 Å². The van der Waals surface area contributed by atoms with E-state index in [1.807, 2.05) is 18.7 Å². The Bertz CT molecular complexity index is 787. The molecule has 0 aromatic heterocycles. The first-order valence-corrected chi connectivity index (χ1v) is 10.6. The predicted molar refractivity (Wildman–Crippen MR) is 111 cm³/mol. The molecule has 0 unspecified atom stereocenters. The normalized spacial score (nSPS) is 18.3. The van der Waals surface area contributed by atoms with Crippen molar-refractivity contribution < 1.29 is 27.5 Å². The summed E-state index contributed by atoms with van der Waals surface area (Å²) in [5, 5.41) is 5.55. The van der Waals surface area contributed by atoms with Crippen molar-refractivity contribution in [3.8, 4) is 0 Å². The van der Waals surface area contributed by atoms with Gasteiger partial charge in [-0.1, -0.05) is 0 Å². The summed E-state index contributed by atoms with van der Waals surface area (Å²) in [5.41, 5.74) is -0.152. The zero-order chi connectivity index (χ0) is 22.6. The fraction of sp³-hybridized carbons (Fsp3) is 0.619. The molecule has 2 aliphatic rings. The summed E-state index contributed by atoms with van der Waals surface area (Å²) in [6, 6.07) is 2.99. The molecule has 1 aromatic carbocycles. The molecule has 3 rings (SSSR count). The molecule has 2 heterocycles. The number of amides is 3. The lowest BCUT2D eigenvalue weighted by Crippen LogP contribution is -2.45. The molecule has 172 valence electrons. The molecular weight excluding hydrogens is 413 g/mol. The first-order chi connectivity index (χ1) is 14.6. The van der Waals surface area contributed by atoms with Crippen molar-refractivity contribution in [3.63, 3.8) is 0 Å². The topological polar surface area (TPSA) is 73.9 Å². The van der Waals surface area contributed by atoms with Crippen LogP contribution in [0.2, 0.25) is 0 Å². The van der Waals surface area contributed by atoms with Crippen molar-refractivity contribution in [2.24, 2.45) is 5.92 Å². The molecule has 3 amide bonds.